The highest BCUT2D eigenvalue weighted by Gasteiger charge is 2.09. The summed E-state index contributed by atoms with van der Waals surface area (Å²) in [5.41, 5.74) is 8.53. The summed E-state index contributed by atoms with van der Waals surface area (Å²) in [4.78, 5) is 5.60. The van der Waals surface area contributed by atoms with Crippen molar-refractivity contribution < 1.29 is 4.52 Å². The lowest BCUT2D eigenvalue weighted by Crippen LogP contribution is -1.86. The van der Waals surface area contributed by atoms with Gasteiger partial charge >= 0.3 is 0 Å². The fourth-order valence-electron chi connectivity index (χ4n) is 1.95. The molecule has 0 saturated heterocycles. The highest BCUT2D eigenvalue weighted by Crippen LogP contribution is 2.24. The molecule has 0 aliphatic rings. The van der Waals surface area contributed by atoms with Gasteiger partial charge in [0.1, 0.15) is 0 Å². The number of anilines is 1. The number of thioether (sulfide) groups is 1. The van der Waals surface area contributed by atoms with Crippen molar-refractivity contribution in [1.29, 1.82) is 0 Å². The van der Waals surface area contributed by atoms with E-state index < -0.39 is 0 Å². The van der Waals surface area contributed by atoms with Gasteiger partial charge in [0.2, 0.25) is 0 Å². The molecule has 0 bridgehead atoms. The second-order valence-corrected chi connectivity index (χ2v) is 5.80. The Morgan fingerprint density at radius 2 is 2.00 bits per heavy atom. The minimum Gasteiger partial charge on any atom is -0.399 e. The summed E-state index contributed by atoms with van der Waals surface area (Å²) in [6, 6.07) is 15.8. The number of hydrogen-bond donors (Lipinski definition) is 1. The molecule has 2 aromatic carbocycles. The highest BCUT2D eigenvalue weighted by molar-refractivity contribution is 7.98. The summed E-state index contributed by atoms with van der Waals surface area (Å²) < 4.78 is 5.29. The van der Waals surface area contributed by atoms with Crippen LogP contribution in [0.5, 0.6) is 0 Å². The fourth-order valence-corrected chi connectivity index (χ4v) is 2.81. The number of aryl methyl sites for hydroxylation is 1. The van der Waals surface area contributed by atoms with E-state index in [1.807, 2.05) is 30.3 Å². The van der Waals surface area contributed by atoms with E-state index in [0.29, 0.717) is 23.2 Å². The van der Waals surface area contributed by atoms with Crippen molar-refractivity contribution in [2.75, 3.05) is 5.73 Å². The van der Waals surface area contributed by atoms with Gasteiger partial charge in [0, 0.05) is 16.1 Å². The van der Waals surface area contributed by atoms with Crippen LogP contribution in [0.1, 0.15) is 11.4 Å². The predicted molar refractivity (Wildman–Crippen MR) is 84.9 cm³/mol. The van der Waals surface area contributed by atoms with Crippen LogP contribution in [-0.2, 0) is 5.75 Å². The Kier molecular flexibility index (Phi) is 3.92. The van der Waals surface area contributed by atoms with Gasteiger partial charge in [-0.1, -0.05) is 28.9 Å². The van der Waals surface area contributed by atoms with Gasteiger partial charge in [0.05, 0.1) is 5.75 Å². The van der Waals surface area contributed by atoms with Crippen molar-refractivity contribution in [2.45, 2.75) is 17.6 Å². The van der Waals surface area contributed by atoms with Crippen LogP contribution in [0.2, 0.25) is 0 Å². The van der Waals surface area contributed by atoms with Crippen molar-refractivity contribution in [3.63, 3.8) is 0 Å². The molecule has 3 aromatic rings. The lowest BCUT2D eigenvalue weighted by atomic mass is 10.2. The first kappa shape index (κ1) is 13.7. The average Bonchev–Trinajstić information content (AvgIpc) is 2.94. The van der Waals surface area contributed by atoms with E-state index in [9.17, 15) is 0 Å². The predicted octanol–water partition coefficient (Wildman–Crippen LogP) is 3.92. The molecule has 0 aliphatic carbocycles. The second kappa shape index (κ2) is 6.01. The summed E-state index contributed by atoms with van der Waals surface area (Å²) in [5, 5.41) is 4.01. The number of aromatic nitrogens is 2. The number of hydrogen-bond acceptors (Lipinski definition) is 5. The average molecular weight is 297 g/mol. The van der Waals surface area contributed by atoms with E-state index in [2.05, 4.69) is 35.3 Å². The topological polar surface area (TPSA) is 64.9 Å². The van der Waals surface area contributed by atoms with Crippen molar-refractivity contribution >= 4 is 17.4 Å². The molecule has 1 aromatic heterocycles. The first-order valence-electron chi connectivity index (χ1n) is 6.59. The molecule has 3 rings (SSSR count). The third kappa shape index (κ3) is 3.44. The SMILES string of the molecule is Cc1cccc(SCc2noc(-c3cccc(N)c3)n2)c1. The molecule has 106 valence electrons. The summed E-state index contributed by atoms with van der Waals surface area (Å²) in [5.74, 6) is 1.86. The van der Waals surface area contributed by atoms with Gasteiger partial charge in [-0.15, -0.1) is 11.8 Å². The molecule has 2 N–H and O–H groups in total. The first-order chi connectivity index (χ1) is 10.2. The molecule has 0 unspecified atom stereocenters. The largest absolute Gasteiger partial charge is 0.399 e. The molecule has 0 atom stereocenters. The zero-order chi connectivity index (χ0) is 14.7. The Morgan fingerprint density at radius 1 is 1.14 bits per heavy atom. The van der Waals surface area contributed by atoms with Crippen molar-refractivity contribution in [2.24, 2.45) is 0 Å². The molecule has 0 saturated carbocycles. The van der Waals surface area contributed by atoms with Crippen molar-refractivity contribution in [1.82, 2.24) is 10.1 Å². The highest BCUT2D eigenvalue weighted by atomic mass is 32.2. The number of rotatable bonds is 4. The molecule has 1 heterocycles. The Balaban J connectivity index is 1.71. The minimum atomic E-state index is 0.502. The zero-order valence-corrected chi connectivity index (χ0v) is 12.4. The van der Waals surface area contributed by atoms with E-state index in [1.54, 1.807) is 11.8 Å². The summed E-state index contributed by atoms with van der Waals surface area (Å²) in [7, 11) is 0. The van der Waals surface area contributed by atoms with Crippen LogP contribution in [0, 0.1) is 6.92 Å². The van der Waals surface area contributed by atoms with Crippen LogP contribution in [-0.4, -0.2) is 10.1 Å². The van der Waals surface area contributed by atoms with Gasteiger partial charge in [-0.25, -0.2) is 0 Å². The van der Waals surface area contributed by atoms with Gasteiger partial charge in [-0.2, -0.15) is 4.98 Å². The number of benzene rings is 2. The standard InChI is InChI=1S/C16H15N3OS/c1-11-4-2-7-14(8-11)21-10-15-18-16(20-19-15)12-5-3-6-13(17)9-12/h2-9H,10,17H2,1H3. The van der Waals surface area contributed by atoms with Crippen molar-refractivity contribution in [3.05, 3.63) is 59.9 Å². The van der Waals surface area contributed by atoms with Gasteiger partial charge in [-0.05, 0) is 37.3 Å². The molecular formula is C16H15N3OS. The maximum atomic E-state index is 5.76. The van der Waals surface area contributed by atoms with Crippen LogP contribution >= 0.6 is 11.8 Å². The van der Waals surface area contributed by atoms with Crippen LogP contribution in [0.25, 0.3) is 11.5 Å². The number of nitrogen functional groups attached to an aromatic ring is 1. The maximum absolute atomic E-state index is 5.76. The van der Waals surface area contributed by atoms with Gasteiger partial charge in [-0.3, -0.25) is 0 Å². The zero-order valence-electron chi connectivity index (χ0n) is 11.6. The van der Waals surface area contributed by atoms with Crippen LogP contribution < -0.4 is 5.73 Å². The van der Waals surface area contributed by atoms with E-state index >= 15 is 0 Å². The van der Waals surface area contributed by atoms with E-state index in [-0.39, 0.29) is 0 Å². The molecule has 21 heavy (non-hydrogen) atoms. The Labute approximate surface area is 127 Å². The quantitative estimate of drug-likeness (QED) is 0.584. The summed E-state index contributed by atoms with van der Waals surface area (Å²) in [6.45, 7) is 2.08. The Bertz CT molecular complexity index is 755. The van der Waals surface area contributed by atoms with Gasteiger partial charge < -0.3 is 10.3 Å². The molecule has 0 aliphatic heterocycles. The monoisotopic (exact) mass is 297 g/mol. The molecule has 0 radical (unpaired) electrons. The first-order valence-corrected chi connectivity index (χ1v) is 7.57. The molecule has 0 fully saturated rings. The molecule has 4 nitrogen and oxygen atoms in total. The van der Waals surface area contributed by atoms with Gasteiger partial charge in [0.25, 0.3) is 5.89 Å². The lowest BCUT2D eigenvalue weighted by Gasteiger charge is -1.99. The van der Waals surface area contributed by atoms with E-state index in [0.717, 1.165) is 5.56 Å². The number of nitrogens with zero attached hydrogens (tertiary/aromatic N) is 2. The van der Waals surface area contributed by atoms with Crippen LogP contribution in [0.4, 0.5) is 5.69 Å². The maximum Gasteiger partial charge on any atom is 0.258 e. The minimum absolute atomic E-state index is 0.502. The number of nitrogens with two attached hydrogens (primary N) is 1. The summed E-state index contributed by atoms with van der Waals surface area (Å²) in [6.07, 6.45) is 0. The van der Waals surface area contributed by atoms with Gasteiger partial charge in [0.15, 0.2) is 5.82 Å². The van der Waals surface area contributed by atoms with Crippen molar-refractivity contribution in [3.8, 4) is 11.5 Å². The fraction of sp³-hybridized carbons (Fsp3) is 0.125. The molecular weight excluding hydrogens is 282 g/mol. The molecule has 0 amide bonds. The molecule has 5 heteroatoms. The normalized spacial score (nSPS) is 10.7. The third-order valence-electron chi connectivity index (χ3n) is 2.96. The Morgan fingerprint density at radius 3 is 2.81 bits per heavy atom. The third-order valence-corrected chi connectivity index (χ3v) is 3.95. The van der Waals surface area contributed by atoms with E-state index in [1.165, 1.54) is 10.5 Å². The Hall–Kier alpha value is -2.27. The summed E-state index contributed by atoms with van der Waals surface area (Å²) >= 11 is 1.69. The van der Waals surface area contributed by atoms with E-state index in [4.69, 9.17) is 10.3 Å². The smallest absolute Gasteiger partial charge is 0.258 e. The van der Waals surface area contributed by atoms with Crippen LogP contribution in [0.15, 0.2) is 57.9 Å². The second-order valence-electron chi connectivity index (χ2n) is 4.75. The van der Waals surface area contributed by atoms with Crippen LogP contribution in [0.3, 0.4) is 0 Å². The molecule has 0 spiro atoms. The lowest BCUT2D eigenvalue weighted by molar-refractivity contribution is 0.425.